The monoisotopic (exact) mass is 206 g/mol. The summed E-state index contributed by atoms with van der Waals surface area (Å²) in [4.78, 5) is 17.0. The van der Waals surface area contributed by atoms with E-state index in [1.807, 2.05) is 18.2 Å². The van der Waals surface area contributed by atoms with E-state index in [-0.39, 0.29) is 12.0 Å². The van der Waals surface area contributed by atoms with Gasteiger partial charge in [0.2, 0.25) is 0 Å². The highest BCUT2D eigenvalue weighted by molar-refractivity contribution is 5.71. The summed E-state index contributed by atoms with van der Waals surface area (Å²) < 4.78 is 0. The van der Waals surface area contributed by atoms with Gasteiger partial charge in [-0.15, -0.1) is 0 Å². The molecule has 1 atom stereocenters. The van der Waals surface area contributed by atoms with Gasteiger partial charge < -0.3 is 5.11 Å². The van der Waals surface area contributed by atoms with E-state index < -0.39 is 5.97 Å². The quantitative estimate of drug-likeness (QED) is 0.806. The number of carbonyl (C=O) groups is 1. The Morgan fingerprint density at radius 3 is 2.87 bits per heavy atom. The van der Waals surface area contributed by atoms with Crippen LogP contribution >= 0.6 is 0 Å². The molecule has 0 spiro atoms. The zero-order valence-electron chi connectivity index (χ0n) is 8.63. The number of pyridine rings is 1. The SMILES string of the molecule is C[C@H](c1ccccn1)N1CC(C(=O)O)C1. The summed E-state index contributed by atoms with van der Waals surface area (Å²) in [5.74, 6) is -0.893. The van der Waals surface area contributed by atoms with Gasteiger partial charge in [-0.2, -0.15) is 0 Å². The highest BCUT2D eigenvalue weighted by atomic mass is 16.4. The fourth-order valence-corrected chi connectivity index (χ4v) is 1.80. The first kappa shape index (κ1) is 10.1. The van der Waals surface area contributed by atoms with Crippen LogP contribution in [0.5, 0.6) is 0 Å². The number of hydrogen-bond acceptors (Lipinski definition) is 3. The van der Waals surface area contributed by atoms with E-state index >= 15 is 0 Å². The third-order valence-corrected chi connectivity index (χ3v) is 2.92. The van der Waals surface area contributed by atoms with Crippen LogP contribution in [0.15, 0.2) is 24.4 Å². The van der Waals surface area contributed by atoms with Gasteiger partial charge in [0.25, 0.3) is 0 Å². The Morgan fingerprint density at radius 1 is 1.60 bits per heavy atom. The molecule has 4 nitrogen and oxygen atoms in total. The molecule has 80 valence electrons. The molecule has 0 unspecified atom stereocenters. The lowest BCUT2D eigenvalue weighted by atomic mass is 9.97. The number of hydrogen-bond donors (Lipinski definition) is 1. The Hall–Kier alpha value is -1.42. The summed E-state index contributed by atoms with van der Waals surface area (Å²) in [7, 11) is 0. The molecule has 1 aliphatic rings. The van der Waals surface area contributed by atoms with Crippen molar-refractivity contribution in [2.45, 2.75) is 13.0 Å². The molecule has 1 aromatic heterocycles. The van der Waals surface area contributed by atoms with E-state index in [9.17, 15) is 4.79 Å². The van der Waals surface area contributed by atoms with Gasteiger partial charge in [-0.25, -0.2) is 0 Å². The average Bonchev–Trinajstić information content (AvgIpc) is 2.16. The Labute approximate surface area is 88.6 Å². The Bertz CT molecular complexity index is 347. The first-order chi connectivity index (χ1) is 7.18. The van der Waals surface area contributed by atoms with Crippen molar-refractivity contribution in [2.75, 3.05) is 13.1 Å². The molecule has 4 heteroatoms. The number of aromatic nitrogens is 1. The van der Waals surface area contributed by atoms with E-state index in [2.05, 4.69) is 16.8 Å². The van der Waals surface area contributed by atoms with Crippen LogP contribution < -0.4 is 0 Å². The van der Waals surface area contributed by atoms with Crippen molar-refractivity contribution in [2.24, 2.45) is 5.92 Å². The molecule has 1 fully saturated rings. The van der Waals surface area contributed by atoms with Crippen molar-refractivity contribution >= 4 is 5.97 Å². The molecule has 0 amide bonds. The Balaban J connectivity index is 1.95. The number of nitrogens with zero attached hydrogens (tertiary/aromatic N) is 2. The first-order valence-electron chi connectivity index (χ1n) is 5.06. The fraction of sp³-hybridized carbons (Fsp3) is 0.455. The van der Waals surface area contributed by atoms with Crippen LogP contribution in [0.1, 0.15) is 18.7 Å². The molecule has 0 radical (unpaired) electrons. The summed E-state index contributed by atoms with van der Waals surface area (Å²) in [6, 6.07) is 6.01. The lowest BCUT2D eigenvalue weighted by molar-refractivity contribution is -0.148. The molecule has 15 heavy (non-hydrogen) atoms. The first-order valence-corrected chi connectivity index (χ1v) is 5.06. The number of rotatable bonds is 3. The number of carboxylic acids is 1. The maximum atomic E-state index is 10.6. The van der Waals surface area contributed by atoms with Gasteiger partial charge in [0.15, 0.2) is 0 Å². The van der Waals surface area contributed by atoms with E-state index in [0.29, 0.717) is 13.1 Å². The van der Waals surface area contributed by atoms with Crippen molar-refractivity contribution in [1.82, 2.24) is 9.88 Å². The molecule has 0 aromatic carbocycles. The lowest BCUT2D eigenvalue weighted by Gasteiger charge is -2.40. The lowest BCUT2D eigenvalue weighted by Crippen LogP contribution is -2.51. The second kappa shape index (κ2) is 3.98. The Kier molecular flexibility index (Phi) is 2.68. The Morgan fingerprint density at radius 2 is 2.33 bits per heavy atom. The average molecular weight is 206 g/mol. The molecule has 0 aliphatic carbocycles. The van der Waals surface area contributed by atoms with E-state index in [1.54, 1.807) is 6.20 Å². The van der Waals surface area contributed by atoms with Gasteiger partial charge in [0, 0.05) is 25.3 Å². The minimum atomic E-state index is -0.695. The number of carboxylic acid groups (broad SMARTS) is 1. The van der Waals surface area contributed by atoms with Crippen LogP contribution in [0.4, 0.5) is 0 Å². The molecule has 2 heterocycles. The van der Waals surface area contributed by atoms with Crippen molar-refractivity contribution in [3.05, 3.63) is 30.1 Å². The zero-order chi connectivity index (χ0) is 10.8. The third kappa shape index (κ3) is 1.99. The number of likely N-dealkylation sites (tertiary alicyclic amines) is 1. The van der Waals surface area contributed by atoms with Gasteiger partial charge in [0.05, 0.1) is 11.6 Å². The van der Waals surface area contributed by atoms with Crippen molar-refractivity contribution in [3.63, 3.8) is 0 Å². The fourth-order valence-electron chi connectivity index (χ4n) is 1.80. The van der Waals surface area contributed by atoms with Crippen molar-refractivity contribution < 1.29 is 9.90 Å². The van der Waals surface area contributed by atoms with Gasteiger partial charge in [-0.1, -0.05) is 6.07 Å². The van der Waals surface area contributed by atoms with Gasteiger partial charge >= 0.3 is 5.97 Å². The van der Waals surface area contributed by atoms with Crippen LogP contribution in [0.2, 0.25) is 0 Å². The van der Waals surface area contributed by atoms with Crippen LogP contribution in [0, 0.1) is 5.92 Å². The molecular weight excluding hydrogens is 192 g/mol. The van der Waals surface area contributed by atoms with E-state index in [4.69, 9.17) is 5.11 Å². The number of aliphatic carboxylic acids is 1. The largest absolute Gasteiger partial charge is 0.481 e. The normalized spacial score (nSPS) is 19.5. The van der Waals surface area contributed by atoms with Crippen LogP contribution in [-0.4, -0.2) is 34.0 Å². The molecule has 0 saturated carbocycles. The van der Waals surface area contributed by atoms with Crippen molar-refractivity contribution in [3.8, 4) is 0 Å². The van der Waals surface area contributed by atoms with Crippen LogP contribution in [0.25, 0.3) is 0 Å². The molecule has 1 saturated heterocycles. The summed E-state index contributed by atoms with van der Waals surface area (Å²) >= 11 is 0. The molecule has 1 aliphatic heterocycles. The topological polar surface area (TPSA) is 53.4 Å². The minimum absolute atomic E-state index is 0.198. The molecule has 2 rings (SSSR count). The second-order valence-corrected chi connectivity index (χ2v) is 3.92. The van der Waals surface area contributed by atoms with E-state index in [1.165, 1.54) is 0 Å². The van der Waals surface area contributed by atoms with Gasteiger partial charge in [-0.3, -0.25) is 14.7 Å². The maximum Gasteiger partial charge on any atom is 0.309 e. The predicted molar refractivity (Wildman–Crippen MR) is 55.4 cm³/mol. The van der Waals surface area contributed by atoms with Gasteiger partial charge in [-0.05, 0) is 19.1 Å². The van der Waals surface area contributed by atoms with Gasteiger partial charge in [0.1, 0.15) is 0 Å². The summed E-state index contributed by atoms with van der Waals surface area (Å²) in [5, 5.41) is 8.76. The third-order valence-electron chi connectivity index (χ3n) is 2.92. The highest BCUT2D eigenvalue weighted by Crippen LogP contribution is 2.26. The minimum Gasteiger partial charge on any atom is -0.481 e. The standard InChI is InChI=1S/C11H14N2O2/c1-8(10-4-2-3-5-12-10)13-6-9(7-13)11(14)15/h2-5,8-9H,6-7H2,1H3,(H,14,15)/t8-/m1/s1. The smallest absolute Gasteiger partial charge is 0.309 e. The predicted octanol–water partition coefficient (Wildman–Crippen LogP) is 1.16. The molecule has 1 aromatic rings. The van der Waals surface area contributed by atoms with Crippen molar-refractivity contribution in [1.29, 1.82) is 0 Å². The summed E-state index contributed by atoms with van der Waals surface area (Å²) in [6.07, 6.45) is 1.76. The van der Waals surface area contributed by atoms with Crippen LogP contribution in [0.3, 0.4) is 0 Å². The maximum absolute atomic E-state index is 10.6. The van der Waals surface area contributed by atoms with E-state index in [0.717, 1.165) is 5.69 Å². The van der Waals surface area contributed by atoms with Crippen LogP contribution in [-0.2, 0) is 4.79 Å². The molecule has 0 bridgehead atoms. The molecule has 1 N–H and O–H groups in total. The summed E-state index contributed by atoms with van der Waals surface area (Å²) in [5.41, 5.74) is 1.00. The molecular formula is C11H14N2O2. The second-order valence-electron chi connectivity index (χ2n) is 3.92. The highest BCUT2D eigenvalue weighted by Gasteiger charge is 2.35. The zero-order valence-corrected chi connectivity index (χ0v) is 8.63. The summed E-state index contributed by atoms with van der Waals surface area (Å²) in [6.45, 7) is 3.32.